The van der Waals surface area contributed by atoms with Crippen molar-refractivity contribution >= 4 is 45.3 Å². The molecule has 4 aromatic carbocycles. The van der Waals surface area contributed by atoms with Crippen molar-refractivity contribution in [3.63, 3.8) is 0 Å². The first-order valence-corrected chi connectivity index (χ1v) is 10.2. The number of carbonyl (C=O) groups excluding carboxylic acids is 2. The standard InChI is InChI=1S/C28H18O2/c29-27-23(11-9-21-13-17-5-1-3-7-19(17)15-25(21)27)24-12-10-22-14-18-6-2-4-8-20(18)16-26(22)28(24)30/h1-16,23-24H. The van der Waals surface area contributed by atoms with E-state index in [1.165, 1.54) is 0 Å². The molecule has 6 rings (SSSR count). The third-order valence-corrected chi connectivity index (χ3v) is 6.33. The molecule has 142 valence electrons. The molecule has 2 aliphatic carbocycles. The molecule has 2 atom stereocenters. The summed E-state index contributed by atoms with van der Waals surface area (Å²) >= 11 is 0. The fourth-order valence-corrected chi connectivity index (χ4v) is 4.73. The van der Waals surface area contributed by atoms with Crippen LogP contribution in [0.2, 0.25) is 0 Å². The van der Waals surface area contributed by atoms with E-state index < -0.39 is 11.8 Å². The predicted octanol–water partition coefficient (Wildman–Crippen LogP) is 6.34. The number of Topliss-reactive ketones (excluding diaryl/α,β-unsaturated/α-hetero) is 2. The van der Waals surface area contributed by atoms with Gasteiger partial charge in [0.2, 0.25) is 0 Å². The Kier molecular flexibility index (Phi) is 3.63. The summed E-state index contributed by atoms with van der Waals surface area (Å²) in [4.78, 5) is 26.8. The van der Waals surface area contributed by atoms with Crippen LogP contribution in [-0.4, -0.2) is 11.6 Å². The third kappa shape index (κ3) is 2.50. The van der Waals surface area contributed by atoms with Crippen LogP contribution in [0.15, 0.2) is 84.9 Å². The second kappa shape index (κ2) is 6.36. The molecule has 2 unspecified atom stereocenters. The highest BCUT2D eigenvalue weighted by Crippen LogP contribution is 2.36. The number of carbonyl (C=O) groups is 2. The van der Waals surface area contributed by atoms with E-state index in [-0.39, 0.29) is 11.6 Å². The Morgan fingerprint density at radius 3 is 1.27 bits per heavy atom. The average Bonchev–Trinajstić information content (AvgIpc) is 2.78. The lowest BCUT2D eigenvalue weighted by atomic mass is 9.74. The van der Waals surface area contributed by atoms with Crippen molar-refractivity contribution in [1.82, 2.24) is 0 Å². The summed E-state index contributed by atoms with van der Waals surface area (Å²) in [5.74, 6) is -0.903. The SMILES string of the molecule is O=C1c2cc3ccccc3cc2C=CC1C1C=Cc2cc3ccccc3cc2C1=O. The van der Waals surface area contributed by atoms with E-state index in [4.69, 9.17) is 0 Å². The van der Waals surface area contributed by atoms with Crippen LogP contribution >= 0.6 is 0 Å². The van der Waals surface area contributed by atoms with Gasteiger partial charge in [-0.15, -0.1) is 0 Å². The summed E-state index contributed by atoms with van der Waals surface area (Å²) < 4.78 is 0. The van der Waals surface area contributed by atoms with Crippen molar-refractivity contribution in [3.05, 3.63) is 107 Å². The zero-order valence-electron chi connectivity index (χ0n) is 16.2. The molecule has 0 fully saturated rings. The van der Waals surface area contributed by atoms with Gasteiger partial charge in [-0.1, -0.05) is 72.8 Å². The first-order chi connectivity index (χ1) is 14.7. The van der Waals surface area contributed by atoms with Gasteiger partial charge in [0.15, 0.2) is 11.6 Å². The molecule has 0 saturated heterocycles. The van der Waals surface area contributed by atoms with E-state index in [2.05, 4.69) is 24.3 Å². The Morgan fingerprint density at radius 1 is 0.500 bits per heavy atom. The molecular formula is C28H18O2. The highest BCUT2D eigenvalue weighted by Gasteiger charge is 2.36. The Labute approximate surface area is 174 Å². The second-order valence-electron chi connectivity index (χ2n) is 8.07. The van der Waals surface area contributed by atoms with Crippen molar-refractivity contribution in [3.8, 4) is 0 Å². The number of hydrogen-bond donors (Lipinski definition) is 0. The number of benzene rings is 4. The van der Waals surface area contributed by atoms with Crippen molar-refractivity contribution in [2.45, 2.75) is 0 Å². The monoisotopic (exact) mass is 386 g/mol. The number of hydrogen-bond acceptors (Lipinski definition) is 2. The van der Waals surface area contributed by atoms with Crippen LogP contribution < -0.4 is 0 Å². The Bertz CT molecular complexity index is 1330. The van der Waals surface area contributed by atoms with Crippen molar-refractivity contribution < 1.29 is 9.59 Å². The normalized spacial score (nSPS) is 19.9. The first kappa shape index (κ1) is 17.1. The van der Waals surface area contributed by atoms with Crippen LogP contribution in [0.5, 0.6) is 0 Å². The van der Waals surface area contributed by atoms with Gasteiger partial charge in [-0.3, -0.25) is 9.59 Å². The van der Waals surface area contributed by atoms with E-state index in [1.54, 1.807) is 0 Å². The van der Waals surface area contributed by atoms with E-state index in [9.17, 15) is 9.59 Å². The third-order valence-electron chi connectivity index (χ3n) is 6.33. The summed E-state index contributed by atoms with van der Waals surface area (Å²) in [6, 6.07) is 24.1. The molecule has 30 heavy (non-hydrogen) atoms. The van der Waals surface area contributed by atoms with Crippen LogP contribution in [-0.2, 0) is 0 Å². The van der Waals surface area contributed by atoms with Gasteiger partial charge in [0.1, 0.15) is 0 Å². The molecule has 0 aliphatic heterocycles. The van der Waals surface area contributed by atoms with E-state index in [0.717, 1.165) is 32.7 Å². The summed E-state index contributed by atoms with van der Waals surface area (Å²) in [7, 11) is 0. The van der Waals surface area contributed by atoms with Crippen molar-refractivity contribution in [1.29, 1.82) is 0 Å². The van der Waals surface area contributed by atoms with E-state index >= 15 is 0 Å². The molecule has 0 amide bonds. The second-order valence-corrected chi connectivity index (χ2v) is 8.07. The average molecular weight is 386 g/mol. The summed E-state index contributed by atoms with van der Waals surface area (Å²) in [5.41, 5.74) is 3.25. The van der Waals surface area contributed by atoms with Crippen LogP contribution in [0.1, 0.15) is 31.8 Å². The van der Waals surface area contributed by atoms with Gasteiger partial charge in [-0.25, -0.2) is 0 Å². The summed E-state index contributed by atoms with van der Waals surface area (Å²) in [6.45, 7) is 0. The molecule has 0 N–H and O–H groups in total. The smallest absolute Gasteiger partial charge is 0.171 e. The summed E-state index contributed by atoms with van der Waals surface area (Å²) in [5, 5.41) is 4.31. The quantitative estimate of drug-likeness (QED) is 0.382. The Balaban J connectivity index is 1.41. The molecule has 0 aromatic heterocycles. The van der Waals surface area contributed by atoms with Gasteiger partial charge in [-0.05, 0) is 56.9 Å². The molecule has 0 spiro atoms. The summed E-state index contributed by atoms with van der Waals surface area (Å²) in [6.07, 6.45) is 7.78. The lowest BCUT2D eigenvalue weighted by Gasteiger charge is -2.27. The lowest BCUT2D eigenvalue weighted by molar-refractivity contribution is 0.0830. The van der Waals surface area contributed by atoms with E-state index in [1.807, 2.05) is 72.8 Å². The van der Waals surface area contributed by atoms with Gasteiger partial charge < -0.3 is 0 Å². The van der Waals surface area contributed by atoms with Crippen molar-refractivity contribution in [2.75, 3.05) is 0 Å². The molecule has 0 radical (unpaired) electrons. The maximum atomic E-state index is 13.4. The zero-order chi connectivity index (χ0) is 20.2. The number of rotatable bonds is 1. The Morgan fingerprint density at radius 2 is 0.867 bits per heavy atom. The lowest BCUT2D eigenvalue weighted by Crippen LogP contribution is -2.31. The maximum absolute atomic E-state index is 13.4. The fourth-order valence-electron chi connectivity index (χ4n) is 4.73. The van der Waals surface area contributed by atoms with E-state index in [0.29, 0.717) is 11.1 Å². The van der Waals surface area contributed by atoms with Crippen molar-refractivity contribution in [2.24, 2.45) is 11.8 Å². The predicted molar refractivity (Wildman–Crippen MR) is 122 cm³/mol. The zero-order valence-corrected chi connectivity index (χ0v) is 16.2. The molecule has 4 aromatic rings. The topological polar surface area (TPSA) is 34.1 Å². The highest BCUT2D eigenvalue weighted by molar-refractivity contribution is 6.14. The molecule has 0 saturated carbocycles. The van der Waals surface area contributed by atoms with Gasteiger partial charge in [-0.2, -0.15) is 0 Å². The molecule has 2 heteroatoms. The molecular weight excluding hydrogens is 368 g/mol. The maximum Gasteiger partial charge on any atom is 0.171 e. The number of allylic oxidation sites excluding steroid dienone is 2. The molecule has 2 nitrogen and oxygen atoms in total. The van der Waals surface area contributed by atoms with Gasteiger partial charge in [0.25, 0.3) is 0 Å². The number of fused-ring (bicyclic) bond motifs is 4. The minimum absolute atomic E-state index is 0.0190. The van der Waals surface area contributed by atoms with Crippen LogP contribution in [0.25, 0.3) is 33.7 Å². The Hall–Kier alpha value is -3.78. The van der Waals surface area contributed by atoms with Crippen LogP contribution in [0.4, 0.5) is 0 Å². The minimum Gasteiger partial charge on any atom is -0.293 e. The first-order valence-electron chi connectivity index (χ1n) is 10.2. The molecule has 2 aliphatic rings. The minimum atomic E-state index is -0.470. The van der Waals surface area contributed by atoms with Gasteiger partial charge in [0.05, 0.1) is 11.8 Å². The highest BCUT2D eigenvalue weighted by atomic mass is 16.1. The number of ketones is 2. The largest absolute Gasteiger partial charge is 0.293 e. The fraction of sp³-hybridized carbons (Fsp3) is 0.0714. The van der Waals surface area contributed by atoms with Gasteiger partial charge in [0, 0.05) is 11.1 Å². The molecule has 0 bridgehead atoms. The van der Waals surface area contributed by atoms with Gasteiger partial charge >= 0.3 is 0 Å². The van der Waals surface area contributed by atoms with Crippen LogP contribution in [0, 0.1) is 11.8 Å². The molecule has 0 heterocycles. The van der Waals surface area contributed by atoms with Crippen LogP contribution in [0.3, 0.4) is 0 Å².